The van der Waals surface area contributed by atoms with Crippen LogP contribution in [0.3, 0.4) is 0 Å². The van der Waals surface area contributed by atoms with Crippen molar-refractivity contribution in [3.63, 3.8) is 0 Å². The Morgan fingerprint density at radius 1 is 1.41 bits per heavy atom. The molecule has 3 nitrogen and oxygen atoms in total. The Kier molecular flexibility index (Phi) is 4.22. The smallest absolute Gasteiger partial charge is 0.397 e. The van der Waals surface area contributed by atoms with Gasteiger partial charge in [-0.25, -0.2) is 0 Å². The van der Waals surface area contributed by atoms with Gasteiger partial charge in [-0.05, 0) is 25.1 Å². The molecule has 0 heterocycles. The van der Waals surface area contributed by atoms with Crippen molar-refractivity contribution < 1.29 is 17.9 Å². The van der Waals surface area contributed by atoms with E-state index in [0.717, 1.165) is 12.1 Å². The lowest BCUT2D eigenvalue weighted by Crippen LogP contribution is -2.21. The maximum atomic E-state index is 12.4. The molecule has 0 bridgehead atoms. The largest absolute Gasteiger partial charge is 0.416 e. The number of ether oxygens (including phenoxy) is 1. The van der Waals surface area contributed by atoms with Gasteiger partial charge >= 0.3 is 6.18 Å². The Balaban J connectivity index is 2.83. The number of halogens is 3. The Morgan fingerprint density at radius 3 is 2.53 bits per heavy atom. The zero-order chi connectivity index (χ0) is 13.1. The molecule has 0 amide bonds. The van der Waals surface area contributed by atoms with Crippen molar-refractivity contribution in [1.82, 2.24) is 0 Å². The van der Waals surface area contributed by atoms with Gasteiger partial charge in [0.2, 0.25) is 0 Å². The monoisotopic (exact) mass is 248 g/mol. The average Bonchev–Trinajstić information content (AvgIpc) is 2.20. The van der Waals surface area contributed by atoms with Crippen molar-refractivity contribution in [2.24, 2.45) is 0 Å². The van der Waals surface area contributed by atoms with Gasteiger partial charge in [-0.3, -0.25) is 0 Å². The summed E-state index contributed by atoms with van der Waals surface area (Å²) in [6, 6.07) is 3.21. The number of alkyl halides is 3. The van der Waals surface area contributed by atoms with Gasteiger partial charge in [-0.15, -0.1) is 0 Å². The standard InChI is InChI=1S/C11H15F3N2O/c1-7(6-17-2)16-10-4-3-8(5-9(10)15)11(12,13)14/h3-5,7,16H,6,15H2,1-2H3. The maximum absolute atomic E-state index is 12.4. The Hall–Kier alpha value is -1.43. The van der Waals surface area contributed by atoms with Crippen molar-refractivity contribution >= 4 is 11.4 Å². The van der Waals surface area contributed by atoms with Crippen LogP contribution in [0.5, 0.6) is 0 Å². The predicted molar refractivity (Wildman–Crippen MR) is 60.8 cm³/mol. The number of anilines is 2. The van der Waals surface area contributed by atoms with Crippen molar-refractivity contribution in [3.8, 4) is 0 Å². The van der Waals surface area contributed by atoms with Crippen LogP contribution >= 0.6 is 0 Å². The summed E-state index contributed by atoms with van der Waals surface area (Å²) in [5.41, 5.74) is 5.36. The van der Waals surface area contributed by atoms with E-state index >= 15 is 0 Å². The molecule has 0 fully saturated rings. The molecule has 96 valence electrons. The van der Waals surface area contributed by atoms with E-state index in [-0.39, 0.29) is 11.7 Å². The second-order valence-corrected chi connectivity index (χ2v) is 3.80. The van der Waals surface area contributed by atoms with Gasteiger partial charge in [-0.2, -0.15) is 13.2 Å². The van der Waals surface area contributed by atoms with E-state index in [1.54, 1.807) is 7.11 Å². The van der Waals surface area contributed by atoms with Crippen LogP contribution < -0.4 is 11.1 Å². The number of methoxy groups -OCH3 is 1. The third-order valence-electron chi connectivity index (χ3n) is 2.20. The zero-order valence-electron chi connectivity index (χ0n) is 9.64. The summed E-state index contributed by atoms with van der Waals surface area (Å²) < 4.78 is 42.1. The van der Waals surface area contributed by atoms with E-state index in [1.807, 2.05) is 6.92 Å². The quantitative estimate of drug-likeness (QED) is 0.805. The van der Waals surface area contributed by atoms with Gasteiger partial charge in [0, 0.05) is 13.2 Å². The number of rotatable bonds is 4. The molecule has 1 aromatic carbocycles. The zero-order valence-corrected chi connectivity index (χ0v) is 9.64. The lowest BCUT2D eigenvalue weighted by Gasteiger charge is -2.17. The van der Waals surface area contributed by atoms with Crippen LogP contribution in [0.4, 0.5) is 24.5 Å². The Labute approximate surface area is 97.8 Å². The molecule has 0 aromatic heterocycles. The van der Waals surface area contributed by atoms with Crippen LogP contribution in [0.1, 0.15) is 12.5 Å². The van der Waals surface area contributed by atoms with Crippen molar-refractivity contribution in [2.45, 2.75) is 19.1 Å². The molecule has 0 radical (unpaired) electrons. The predicted octanol–water partition coefficient (Wildman–Crippen LogP) is 2.73. The Morgan fingerprint density at radius 2 is 2.06 bits per heavy atom. The third kappa shape index (κ3) is 3.81. The summed E-state index contributed by atoms with van der Waals surface area (Å²) in [7, 11) is 1.55. The van der Waals surface area contributed by atoms with Gasteiger partial charge in [0.1, 0.15) is 0 Å². The van der Waals surface area contributed by atoms with Gasteiger partial charge < -0.3 is 15.8 Å². The topological polar surface area (TPSA) is 47.3 Å². The molecule has 6 heteroatoms. The number of nitrogen functional groups attached to an aromatic ring is 1. The van der Waals surface area contributed by atoms with Crippen LogP contribution in [0.25, 0.3) is 0 Å². The normalized spacial score (nSPS) is 13.5. The molecule has 1 unspecified atom stereocenters. The molecule has 17 heavy (non-hydrogen) atoms. The summed E-state index contributed by atoms with van der Waals surface area (Å²) in [4.78, 5) is 0. The molecule has 3 N–H and O–H groups in total. The average molecular weight is 248 g/mol. The minimum Gasteiger partial charge on any atom is -0.397 e. The molecule has 0 saturated heterocycles. The number of nitrogens with one attached hydrogen (secondary N) is 1. The summed E-state index contributed by atoms with van der Waals surface area (Å²) in [6.07, 6.45) is -4.37. The number of hydrogen-bond acceptors (Lipinski definition) is 3. The molecule has 1 rings (SSSR count). The highest BCUT2D eigenvalue weighted by molar-refractivity contribution is 5.67. The van der Waals surface area contributed by atoms with Crippen LogP contribution in [-0.4, -0.2) is 19.8 Å². The van der Waals surface area contributed by atoms with Gasteiger partial charge in [0.05, 0.1) is 23.5 Å². The number of benzene rings is 1. The van der Waals surface area contributed by atoms with E-state index in [2.05, 4.69) is 5.32 Å². The molecule has 0 spiro atoms. The SMILES string of the molecule is COCC(C)Nc1ccc(C(F)(F)F)cc1N. The molecule has 0 aliphatic carbocycles. The van der Waals surface area contributed by atoms with E-state index in [0.29, 0.717) is 12.3 Å². The molecule has 1 aromatic rings. The van der Waals surface area contributed by atoms with Gasteiger partial charge in [-0.1, -0.05) is 0 Å². The fourth-order valence-electron chi connectivity index (χ4n) is 1.43. The van der Waals surface area contributed by atoms with Crippen LogP contribution in [0.2, 0.25) is 0 Å². The fourth-order valence-corrected chi connectivity index (χ4v) is 1.43. The number of nitrogens with two attached hydrogens (primary N) is 1. The first-order valence-corrected chi connectivity index (χ1v) is 5.06. The van der Waals surface area contributed by atoms with E-state index in [9.17, 15) is 13.2 Å². The highest BCUT2D eigenvalue weighted by Crippen LogP contribution is 2.32. The van der Waals surface area contributed by atoms with E-state index in [4.69, 9.17) is 10.5 Å². The fraction of sp³-hybridized carbons (Fsp3) is 0.455. The Bertz CT molecular complexity index is 379. The first-order chi connectivity index (χ1) is 7.84. The summed E-state index contributed by atoms with van der Waals surface area (Å²) in [5.74, 6) is 0. The highest BCUT2D eigenvalue weighted by atomic mass is 19.4. The number of hydrogen-bond donors (Lipinski definition) is 2. The summed E-state index contributed by atoms with van der Waals surface area (Å²) >= 11 is 0. The molecule has 0 aliphatic heterocycles. The summed E-state index contributed by atoms with van der Waals surface area (Å²) in [6.45, 7) is 2.29. The lowest BCUT2D eigenvalue weighted by molar-refractivity contribution is -0.137. The first-order valence-electron chi connectivity index (χ1n) is 5.06. The lowest BCUT2D eigenvalue weighted by atomic mass is 10.1. The maximum Gasteiger partial charge on any atom is 0.416 e. The molecule has 0 aliphatic rings. The van der Waals surface area contributed by atoms with Crippen molar-refractivity contribution in [1.29, 1.82) is 0 Å². The van der Waals surface area contributed by atoms with Gasteiger partial charge in [0.25, 0.3) is 0 Å². The molecular formula is C11H15F3N2O. The van der Waals surface area contributed by atoms with Crippen LogP contribution in [0.15, 0.2) is 18.2 Å². The van der Waals surface area contributed by atoms with E-state index in [1.165, 1.54) is 6.07 Å². The minimum absolute atomic E-state index is 0.0287. The second kappa shape index (κ2) is 5.27. The molecule has 0 saturated carbocycles. The highest BCUT2D eigenvalue weighted by Gasteiger charge is 2.30. The van der Waals surface area contributed by atoms with Crippen molar-refractivity contribution in [3.05, 3.63) is 23.8 Å². The molecule has 1 atom stereocenters. The first kappa shape index (κ1) is 13.6. The summed E-state index contributed by atoms with van der Waals surface area (Å²) in [5, 5.41) is 2.97. The van der Waals surface area contributed by atoms with Crippen LogP contribution in [0, 0.1) is 0 Å². The third-order valence-corrected chi connectivity index (χ3v) is 2.20. The van der Waals surface area contributed by atoms with Crippen molar-refractivity contribution in [2.75, 3.05) is 24.8 Å². The van der Waals surface area contributed by atoms with Crippen LogP contribution in [-0.2, 0) is 10.9 Å². The molecular weight excluding hydrogens is 233 g/mol. The minimum atomic E-state index is -4.37. The second-order valence-electron chi connectivity index (χ2n) is 3.80. The van der Waals surface area contributed by atoms with E-state index < -0.39 is 11.7 Å². The van der Waals surface area contributed by atoms with Gasteiger partial charge in [0.15, 0.2) is 0 Å².